The van der Waals surface area contributed by atoms with Crippen LogP contribution < -0.4 is 5.43 Å². The van der Waals surface area contributed by atoms with Gasteiger partial charge in [-0.3, -0.25) is 20.2 Å². The van der Waals surface area contributed by atoms with Gasteiger partial charge < -0.3 is 0 Å². The van der Waals surface area contributed by atoms with Gasteiger partial charge in [0.15, 0.2) is 11.3 Å². The van der Waals surface area contributed by atoms with Gasteiger partial charge in [-0.1, -0.05) is 6.92 Å². The fourth-order valence-electron chi connectivity index (χ4n) is 2.71. The number of nitrogens with zero attached hydrogens (tertiary/aromatic N) is 5. The second-order valence-electron chi connectivity index (χ2n) is 5.62. The highest BCUT2D eigenvalue weighted by Gasteiger charge is 2.28. The van der Waals surface area contributed by atoms with Crippen LogP contribution in [0.2, 0.25) is 0 Å². The van der Waals surface area contributed by atoms with Crippen molar-refractivity contribution < 1.29 is 4.79 Å². The summed E-state index contributed by atoms with van der Waals surface area (Å²) in [4.78, 5) is 21.5. The van der Waals surface area contributed by atoms with E-state index in [4.69, 9.17) is 0 Å². The molecule has 1 aliphatic heterocycles. The molecule has 1 unspecified atom stereocenters. The third-order valence-corrected chi connectivity index (χ3v) is 4.65. The number of carbonyl (C=O) groups is 1. The molecule has 1 N–H and O–H groups in total. The lowest BCUT2D eigenvalue weighted by molar-refractivity contribution is 0.0772. The normalized spacial score (nSPS) is 16.8. The third kappa shape index (κ3) is 2.67. The summed E-state index contributed by atoms with van der Waals surface area (Å²) < 4.78 is 3.24. The maximum Gasteiger partial charge on any atom is 0.292 e. The molecular formula is C15H12Br2N6O. The summed E-state index contributed by atoms with van der Waals surface area (Å²) in [6.07, 6.45) is 5.20. The van der Waals surface area contributed by atoms with Gasteiger partial charge in [0.2, 0.25) is 0 Å². The second-order valence-corrected chi connectivity index (χ2v) is 7.45. The standard InChI is InChI=1S/C15H12Br2N6O/c1-8-6-23(20-11-2-9(16)4-19-14(8)11)15(24)12-3-13-18-5-10(17)7-22(13)21-12/h2-5,7-8,20H,6H2,1H3. The van der Waals surface area contributed by atoms with E-state index in [1.165, 1.54) is 0 Å². The van der Waals surface area contributed by atoms with Crippen LogP contribution in [0.25, 0.3) is 5.65 Å². The van der Waals surface area contributed by atoms with E-state index in [2.05, 4.69) is 52.4 Å². The Labute approximate surface area is 154 Å². The molecule has 0 saturated heterocycles. The van der Waals surface area contributed by atoms with Crippen molar-refractivity contribution in [3.63, 3.8) is 0 Å². The predicted molar refractivity (Wildman–Crippen MR) is 95.7 cm³/mol. The highest BCUT2D eigenvalue weighted by atomic mass is 79.9. The van der Waals surface area contributed by atoms with Gasteiger partial charge in [-0.15, -0.1) is 0 Å². The van der Waals surface area contributed by atoms with E-state index in [-0.39, 0.29) is 11.8 Å². The number of hydrogen-bond acceptors (Lipinski definition) is 5. The van der Waals surface area contributed by atoms with E-state index in [9.17, 15) is 4.79 Å². The monoisotopic (exact) mass is 450 g/mol. The molecule has 1 atom stereocenters. The summed E-state index contributed by atoms with van der Waals surface area (Å²) in [5, 5.41) is 5.88. The Balaban J connectivity index is 1.66. The molecule has 24 heavy (non-hydrogen) atoms. The molecule has 0 aromatic carbocycles. The number of pyridine rings is 1. The number of rotatable bonds is 1. The van der Waals surface area contributed by atoms with E-state index in [1.807, 2.05) is 13.0 Å². The molecule has 3 aromatic rings. The van der Waals surface area contributed by atoms with Crippen LogP contribution in [0.3, 0.4) is 0 Å². The third-order valence-electron chi connectivity index (χ3n) is 3.81. The van der Waals surface area contributed by atoms with Crippen LogP contribution in [-0.4, -0.2) is 37.0 Å². The number of hydrazine groups is 1. The Bertz CT molecular complexity index is 956. The Kier molecular flexibility index (Phi) is 3.76. The Morgan fingerprint density at radius 2 is 2.04 bits per heavy atom. The first-order chi connectivity index (χ1) is 11.5. The first kappa shape index (κ1) is 15.5. The number of amides is 1. The van der Waals surface area contributed by atoms with Crippen molar-refractivity contribution in [3.05, 3.63) is 51.1 Å². The molecule has 4 rings (SSSR count). The zero-order valence-corrected chi connectivity index (χ0v) is 15.7. The maximum atomic E-state index is 12.8. The molecule has 122 valence electrons. The fraction of sp³-hybridized carbons (Fsp3) is 0.200. The minimum atomic E-state index is -0.200. The van der Waals surface area contributed by atoms with Crippen molar-refractivity contribution in [3.8, 4) is 0 Å². The lowest BCUT2D eigenvalue weighted by Gasteiger charge is -2.33. The van der Waals surface area contributed by atoms with E-state index < -0.39 is 0 Å². The average molecular weight is 452 g/mol. The minimum absolute atomic E-state index is 0.127. The van der Waals surface area contributed by atoms with Crippen molar-refractivity contribution in [2.24, 2.45) is 0 Å². The molecule has 0 aliphatic carbocycles. The van der Waals surface area contributed by atoms with Crippen molar-refractivity contribution >= 4 is 49.1 Å². The molecule has 3 aromatic heterocycles. The first-order valence-electron chi connectivity index (χ1n) is 7.26. The van der Waals surface area contributed by atoms with Crippen LogP contribution in [0, 0.1) is 0 Å². The van der Waals surface area contributed by atoms with Crippen LogP contribution in [0.15, 0.2) is 39.7 Å². The molecule has 0 saturated carbocycles. The van der Waals surface area contributed by atoms with Crippen molar-refractivity contribution in [1.82, 2.24) is 24.6 Å². The molecule has 4 heterocycles. The number of fused-ring (bicyclic) bond motifs is 2. The summed E-state index contributed by atoms with van der Waals surface area (Å²) in [5.74, 6) is -0.0725. The lowest BCUT2D eigenvalue weighted by Crippen LogP contribution is -2.42. The molecule has 9 heteroatoms. The first-order valence-corrected chi connectivity index (χ1v) is 8.85. The summed E-state index contributed by atoms with van der Waals surface area (Å²) in [6.45, 7) is 2.56. The van der Waals surface area contributed by atoms with Gasteiger partial charge in [0.1, 0.15) is 0 Å². The quantitative estimate of drug-likeness (QED) is 0.614. The van der Waals surface area contributed by atoms with Gasteiger partial charge in [-0.25, -0.2) is 9.50 Å². The van der Waals surface area contributed by atoms with Gasteiger partial charge in [0.05, 0.1) is 22.4 Å². The Morgan fingerprint density at radius 1 is 1.25 bits per heavy atom. The van der Waals surface area contributed by atoms with Gasteiger partial charge in [-0.05, 0) is 37.9 Å². The minimum Gasteiger partial charge on any atom is -0.294 e. The summed E-state index contributed by atoms with van der Waals surface area (Å²) in [5.41, 5.74) is 5.86. The predicted octanol–water partition coefficient (Wildman–Crippen LogP) is 3.24. The SMILES string of the molecule is CC1CN(C(=O)c2cc3ncc(Br)cn3n2)Nc2cc(Br)cnc21. The smallest absolute Gasteiger partial charge is 0.292 e. The van der Waals surface area contributed by atoms with E-state index in [0.29, 0.717) is 17.9 Å². The number of halogens is 2. The number of aromatic nitrogens is 4. The molecule has 0 radical (unpaired) electrons. The zero-order valence-electron chi connectivity index (χ0n) is 12.6. The molecule has 1 aliphatic rings. The molecule has 0 spiro atoms. The Morgan fingerprint density at radius 3 is 2.88 bits per heavy atom. The highest BCUT2D eigenvalue weighted by molar-refractivity contribution is 9.10. The van der Waals surface area contributed by atoms with Gasteiger partial charge in [0.25, 0.3) is 5.91 Å². The van der Waals surface area contributed by atoms with Crippen LogP contribution in [0.1, 0.15) is 29.0 Å². The van der Waals surface area contributed by atoms with Gasteiger partial charge >= 0.3 is 0 Å². The van der Waals surface area contributed by atoms with Crippen molar-refractivity contribution in [1.29, 1.82) is 0 Å². The number of hydrogen-bond donors (Lipinski definition) is 1. The van der Waals surface area contributed by atoms with Crippen LogP contribution in [-0.2, 0) is 0 Å². The summed E-state index contributed by atoms with van der Waals surface area (Å²) in [7, 11) is 0. The highest BCUT2D eigenvalue weighted by Crippen LogP contribution is 2.31. The van der Waals surface area contributed by atoms with Crippen LogP contribution in [0.4, 0.5) is 5.69 Å². The van der Waals surface area contributed by atoms with E-state index >= 15 is 0 Å². The summed E-state index contributed by atoms with van der Waals surface area (Å²) >= 11 is 6.75. The fourth-order valence-corrected chi connectivity index (χ4v) is 3.34. The van der Waals surface area contributed by atoms with Crippen molar-refractivity contribution in [2.75, 3.05) is 12.0 Å². The topological polar surface area (TPSA) is 75.4 Å². The zero-order chi connectivity index (χ0) is 16.8. The number of anilines is 1. The lowest BCUT2D eigenvalue weighted by atomic mass is 10.0. The van der Waals surface area contributed by atoms with E-state index in [1.54, 1.807) is 34.2 Å². The van der Waals surface area contributed by atoms with Crippen molar-refractivity contribution in [2.45, 2.75) is 12.8 Å². The van der Waals surface area contributed by atoms with Crippen LogP contribution >= 0.6 is 31.9 Å². The Hall–Kier alpha value is -2.00. The van der Waals surface area contributed by atoms with Gasteiger partial charge in [0, 0.05) is 35.0 Å². The number of carbonyl (C=O) groups excluding carboxylic acids is 1. The largest absolute Gasteiger partial charge is 0.294 e. The molecule has 7 nitrogen and oxygen atoms in total. The maximum absolute atomic E-state index is 12.8. The molecule has 0 bridgehead atoms. The number of nitrogens with one attached hydrogen (secondary N) is 1. The molecule has 1 amide bonds. The molecule has 0 fully saturated rings. The summed E-state index contributed by atoms with van der Waals surface area (Å²) in [6, 6.07) is 3.59. The second kappa shape index (κ2) is 5.82. The van der Waals surface area contributed by atoms with Crippen LogP contribution in [0.5, 0.6) is 0 Å². The van der Waals surface area contributed by atoms with Gasteiger partial charge in [-0.2, -0.15) is 5.10 Å². The molecular weight excluding hydrogens is 440 g/mol. The average Bonchev–Trinajstić information content (AvgIpc) is 2.96. The van der Waals surface area contributed by atoms with E-state index in [0.717, 1.165) is 20.3 Å².